The Labute approximate surface area is 249 Å². The molecule has 1 fully saturated rings. The van der Waals surface area contributed by atoms with Crippen molar-refractivity contribution in [3.63, 3.8) is 0 Å². The van der Waals surface area contributed by atoms with E-state index in [4.69, 9.17) is 4.42 Å². The van der Waals surface area contributed by atoms with Crippen molar-refractivity contribution in [3.8, 4) is 0 Å². The number of thioether (sulfide) groups is 1. The molecule has 0 saturated carbocycles. The van der Waals surface area contributed by atoms with E-state index < -0.39 is 34.7 Å². The minimum Gasteiger partial charge on any atom is -0.451 e. The molecule has 8 nitrogen and oxygen atoms in total. The molecule has 1 aromatic heterocycles. The fourth-order valence-electron chi connectivity index (χ4n) is 5.29. The lowest BCUT2D eigenvalue weighted by Crippen LogP contribution is -2.58. The number of nitrogens with zero attached hydrogens (tertiary/aromatic N) is 1. The molecule has 0 radical (unpaired) electrons. The monoisotopic (exact) mass is 585 g/mol. The molecule has 3 aromatic carbocycles. The summed E-state index contributed by atoms with van der Waals surface area (Å²) in [6.45, 7) is 6.15. The third-order valence-electron chi connectivity index (χ3n) is 7.69. The third kappa shape index (κ3) is 6.37. The first-order valence-corrected chi connectivity index (χ1v) is 14.9. The molecule has 218 valence electrons. The zero-order valence-corrected chi connectivity index (χ0v) is 24.7. The number of amides is 3. The summed E-state index contributed by atoms with van der Waals surface area (Å²) >= 11 is 1.47. The number of aliphatic hydroxyl groups is 1. The van der Waals surface area contributed by atoms with Gasteiger partial charge in [0, 0.05) is 16.7 Å². The van der Waals surface area contributed by atoms with Gasteiger partial charge in [-0.25, -0.2) is 0 Å². The van der Waals surface area contributed by atoms with E-state index in [1.54, 1.807) is 12.1 Å². The maximum absolute atomic E-state index is 13.9. The number of carbonyl (C=O) groups excluding carboxylic acids is 3. The first kappa shape index (κ1) is 29.4. The van der Waals surface area contributed by atoms with Crippen LogP contribution in [-0.4, -0.2) is 56.5 Å². The molecule has 3 amide bonds. The van der Waals surface area contributed by atoms with Crippen LogP contribution in [0.5, 0.6) is 0 Å². The standard InChI is InChI=1S/C33H35N3O5S/c1-21-11-7-8-15-24(21)19-34-31(39)29-33(2,3)42-20-36(29)32(40)28(37)25(17-22-12-5-4-6-13-22)35-30(38)27-18-23-14-9-10-16-26(23)41-27/h4-16,18,25,28-29,37H,17,19-20H2,1-3H3,(H,34,39)(H,35,38)/t25-,28-,29+/m0/s1. The van der Waals surface area contributed by atoms with Gasteiger partial charge in [0.05, 0.1) is 11.9 Å². The number of carbonyl (C=O) groups is 3. The molecule has 0 spiro atoms. The number of rotatable bonds is 9. The quantitative estimate of drug-likeness (QED) is 0.268. The third-order valence-corrected chi connectivity index (χ3v) is 9.06. The van der Waals surface area contributed by atoms with Gasteiger partial charge in [0.15, 0.2) is 11.9 Å². The lowest BCUT2D eigenvalue weighted by Gasteiger charge is -2.33. The van der Waals surface area contributed by atoms with Crippen molar-refractivity contribution in [2.24, 2.45) is 0 Å². The van der Waals surface area contributed by atoms with Crippen LogP contribution in [0.1, 0.15) is 41.1 Å². The Balaban J connectivity index is 1.36. The molecule has 3 atom stereocenters. The number of fused-ring (bicyclic) bond motifs is 1. The highest BCUT2D eigenvalue weighted by Gasteiger charge is 2.49. The molecular weight excluding hydrogens is 550 g/mol. The summed E-state index contributed by atoms with van der Waals surface area (Å²) < 4.78 is 5.14. The molecule has 4 aromatic rings. The maximum atomic E-state index is 13.9. The number of nitrogens with one attached hydrogen (secondary N) is 2. The average Bonchev–Trinajstić information content (AvgIpc) is 3.56. The summed E-state index contributed by atoms with van der Waals surface area (Å²) in [6.07, 6.45) is -1.39. The molecule has 9 heteroatoms. The lowest BCUT2D eigenvalue weighted by molar-refractivity contribution is -0.147. The van der Waals surface area contributed by atoms with E-state index in [9.17, 15) is 19.5 Å². The second-order valence-corrected chi connectivity index (χ2v) is 12.7. The molecule has 1 aliphatic rings. The lowest BCUT2D eigenvalue weighted by atomic mass is 9.97. The van der Waals surface area contributed by atoms with Crippen LogP contribution in [0.3, 0.4) is 0 Å². The maximum Gasteiger partial charge on any atom is 0.287 e. The van der Waals surface area contributed by atoms with Crippen molar-refractivity contribution >= 4 is 40.5 Å². The van der Waals surface area contributed by atoms with Crippen molar-refractivity contribution < 1.29 is 23.9 Å². The van der Waals surface area contributed by atoms with Crippen LogP contribution in [0.25, 0.3) is 11.0 Å². The Morgan fingerprint density at radius 3 is 2.45 bits per heavy atom. The predicted molar refractivity (Wildman–Crippen MR) is 164 cm³/mol. The van der Waals surface area contributed by atoms with E-state index in [0.717, 1.165) is 22.1 Å². The van der Waals surface area contributed by atoms with Crippen molar-refractivity contribution in [2.75, 3.05) is 5.88 Å². The highest BCUT2D eigenvalue weighted by molar-refractivity contribution is 8.00. The van der Waals surface area contributed by atoms with Crippen LogP contribution in [0, 0.1) is 6.92 Å². The van der Waals surface area contributed by atoms with Crippen LogP contribution in [0.15, 0.2) is 89.3 Å². The van der Waals surface area contributed by atoms with Crippen LogP contribution in [0.2, 0.25) is 0 Å². The number of hydrogen-bond acceptors (Lipinski definition) is 6. The van der Waals surface area contributed by atoms with Crippen LogP contribution >= 0.6 is 11.8 Å². The highest BCUT2D eigenvalue weighted by atomic mass is 32.2. The van der Waals surface area contributed by atoms with E-state index in [1.807, 2.05) is 93.6 Å². The van der Waals surface area contributed by atoms with Gasteiger partial charge in [-0.1, -0.05) is 72.8 Å². The zero-order valence-electron chi connectivity index (χ0n) is 23.9. The SMILES string of the molecule is Cc1ccccc1CNC(=O)[C@H]1N(C(=O)[C@@H](O)[C@H](Cc2ccccc2)NC(=O)c2cc3ccccc3o2)CSC1(C)C. The molecule has 5 rings (SSSR count). The fourth-order valence-corrected chi connectivity index (χ4v) is 6.43. The smallest absolute Gasteiger partial charge is 0.287 e. The van der Waals surface area contributed by atoms with Gasteiger partial charge in [-0.3, -0.25) is 14.4 Å². The molecule has 2 heterocycles. The summed E-state index contributed by atoms with van der Waals surface area (Å²) in [4.78, 5) is 42.1. The summed E-state index contributed by atoms with van der Waals surface area (Å²) in [5.74, 6) is -1.13. The minimum atomic E-state index is -1.60. The van der Waals surface area contributed by atoms with E-state index in [0.29, 0.717) is 12.1 Å². The van der Waals surface area contributed by atoms with Crippen LogP contribution in [-0.2, 0) is 22.6 Å². The second kappa shape index (κ2) is 12.4. The zero-order chi connectivity index (χ0) is 29.9. The fraction of sp³-hybridized carbons (Fsp3) is 0.303. The first-order valence-electron chi connectivity index (χ1n) is 13.9. The van der Waals surface area contributed by atoms with Crippen molar-refractivity contribution in [3.05, 3.63) is 107 Å². The molecular formula is C33H35N3O5S. The molecule has 1 aliphatic heterocycles. The van der Waals surface area contributed by atoms with Gasteiger partial charge < -0.3 is 25.1 Å². The van der Waals surface area contributed by atoms with Gasteiger partial charge in [-0.05, 0) is 56.0 Å². The normalized spacial score (nSPS) is 17.5. The van der Waals surface area contributed by atoms with Crippen molar-refractivity contribution in [1.29, 1.82) is 0 Å². The van der Waals surface area contributed by atoms with E-state index in [-0.39, 0.29) is 24.0 Å². The predicted octanol–water partition coefficient (Wildman–Crippen LogP) is 4.44. The van der Waals surface area contributed by atoms with Crippen molar-refractivity contribution in [2.45, 2.75) is 56.7 Å². The molecule has 0 unspecified atom stereocenters. The van der Waals surface area contributed by atoms with Crippen LogP contribution < -0.4 is 10.6 Å². The van der Waals surface area contributed by atoms with Gasteiger partial charge in [0.2, 0.25) is 5.91 Å². The van der Waals surface area contributed by atoms with Gasteiger partial charge in [-0.15, -0.1) is 11.8 Å². The second-order valence-electron chi connectivity index (χ2n) is 11.1. The Kier molecular flexibility index (Phi) is 8.70. The van der Waals surface area contributed by atoms with E-state index in [1.165, 1.54) is 16.7 Å². The highest BCUT2D eigenvalue weighted by Crippen LogP contribution is 2.40. The number of para-hydroxylation sites is 1. The summed E-state index contributed by atoms with van der Waals surface area (Å²) in [6, 6.07) is 24.3. The Morgan fingerprint density at radius 1 is 1.02 bits per heavy atom. The molecule has 0 bridgehead atoms. The van der Waals surface area contributed by atoms with Crippen molar-refractivity contribution in [1.82, 2.24) is 15.5 Å². The number of benzene rings is 3. The topological polar surface area (TPSA) is 112 Å². The Bertz CT molecular complexity index is 1550. The van der Waals surface area contributed by atoms with Crippen LogP contribution in [0.4, 0.5) is 0 Å². The first-order chi connectivity index (χ1) is 20.1. The van der Waals surface area contributed by atoms with Gasteiger partial charge in [0.25, 0.3) is 11.8 Å². The van der Waals surface area contributed by atoms with Gasteiger partial charge >= 0.3 is 0 Å². The average molecular weight is 586 g/mol. The summed E-state index contributed by atoms with van der Waals surface area (Å²) in [5, 5.41) is 18.1. The largest absolute Gasteiger partial charge is 0.451 e. The number of aryl methyl sites for hydroxylation is 1. The molecule has 1 saturated heterocycles. The Hall–Kier alpha value is -4.08. The summed E-state index contributed by atoms with van der Waals surface area (Å²) in [7, 11) is 0. The minimum absolute atomic E-state index is 0.0835. The van der Waals surface area contributed by atoms with E-state index >= 15 is 0 Å². The van der Waals surface area contributed by atoms with Gasteiger partial charge in [-0.2, -0.15) is 0 Å². The number of hydrogen-bond donors (Lipinski definition) is 3. The number of furan rings is 1. The Morgan fingerprint density at radius 2 is 1.71 bits per heavy atom. The summed E-state index contributed by atoms with van der Waals surface area (Å²) in [5.41, 5.74) is 3.45. The number of aliphatic hydroxyl groups excluding tert-OH is 1. The molecule has 0 aliphatic carbocycles. The molecule has 3 N–H and O–H groups in total. The molecule has 42 heavy (non-hydrogen) atoms. The van der Waals surface area contributed by atoms with Gasteiger partial charge in [0.1, 0.15) is 11.6 Å². The van der Waals surface area contributed by atoms with E-state index in [2.05, 4.69) is 10.6 Å².